The van der Waals surface area contributed by atoms with Crippen LogP contribution in [0.4, 0.5) is 4.79 Å². The zero-order valence-electron chi connectivity index (χ0n) is 31.5. The van der Waals surface area contributed by atoms with E-state index in [0.29, 0.717) is 12.8 Å². The Morgan fingerprint density at radius 2 is 1.41 bits per heavy atom. The van der Waals surface area contributed by atoms with Crippen molar-refractivity contribution in [2.45, 2.75) is 130 Å². The number of ether oxygens (including phenoxy) is 1. The number of likely N-dealkylation sites (tertiary alicyclic amines) is 1. The minimum Gasteiger partial charge on any atom is -0.480 e. The highest BCUT2D eigenvalue weighted by molar-refractivity contribution is 5.99. The van der Waals surface area contributed by atoms with Gasteiger partial charge in [0.25, 0.3) is 0 Å². The van der Waals surface area contributed by atoms with Crippen molar-refractivity contribution in [1.29, 1.82) is 0 Å². The first-order valence-electron chi connectivity index (χ1n) is 17.3. The van der Waals surface area contributed by atoms with Gasteiger partial charge in [0.2, 0.25) is 29.5 Å². The van der Waals surface area contributed by atoms with Crippen molar-refractivity contribution in [3.05, 3.63) is 35.9 Å². The van der Waals surface area contributed by atoms with Crippen molar-refractivity contribution in [3.8, 4) is 0 Å². The van der Waals surface area contributed by atoms with Gasteiger partial charge in [0.15, 0.2) is 0 Å². The third-order valence-electron chi connectivity index (χ3n) is 8.53. The second-order valence-corrected chi connectivity index (χ2v) is 15.4. The highest BCUT2D eigenvalue weighted by Gasteiger charge is 2.44. The molecule has 0 bridgehead atoms. The maximum atomic E-state index is 13.9. The van der Waals surface area contributed by atoms with Crippen LogP contribution in [0.25, 0.3) is 0 Å². The smallest absolute Gasteiger partial charge is 0.408 e. The number of rotatable bonds is 16. The maximum Gasteiger partial charge on any atom is 0.408 e. The van der Waals surface area contributed by atoms with Crippen molar-refractivity contribution in [2.75, 3.05) is 6.54 Å². The Bertz CT molecular complexity index is 1440. The molecule has 1 saturated heterocycles. The zero-order valence-corrected chi connectivity index (χ0v) is 31.5. The summed E-state index contributed by atoms with van der Waals surface area (Å²) >= 11 is 0. The van der Waals surface area contributed by atoms with Gasteiger partial charge in [-0.25, -0.2) is 9.59 Å². The number of hydrogen-bond acceptors (Lipinski definition) is 8. The third-order valence-corrected chi connectivity index (χ3v) is 8.53. The molecule has 0 radical (unpaired) electrons. The fourth-order valence-electron chi connectivity index (χ4n) is 5.42. The average molecular weight is 717 g/mol. The van der Waals surface area contributed by atoms with Gasteiger partial charge in [-0.05, 0) is 78.2 Å². The van der Waals surface area contributed by atoms with Gasteiger partial charge in [0, 0.05) is 6.54 Å². The summed E-state index contributed by atoms with van der Waals surface area (Å²) in [5.74, 6) is -4.74. The van der Waals surface area contributed by atoms with Crippen LogP contribution in [0.1, 0.15) is 94.1 Å². The number of nitrogens with one attached hydrogen (secondary N) is 5. The van der Waals surface area contributed by atoms with Gasteiger partial charge in [0.1, 0.15) is 41.3 Å². The molecule has 6 amide bonds. The summed E-state index contributed by atoms with van der Waals surface area (Å²) in [5.41, 5.74) is -3.81. The molecule has 3 atom stereocenters. The summed E-state index contributed by atoms with van der Waals surface area (Å²) in [6, 6.07) is 6.06. The van der Waals surface area contributed by atoms with Gasteiger partial charge in [-0.2, -0.15) is 0 Å². The first-order valence-corrected chi connectivity index (χ1v) is 17.3. The molecule has 15 nitrogen and oxygen atoms in total. The molecular formula is C36H56N6O9. The molecule has 0 unspecified atom stereocenters. The number of carboxylic acids is 1. The van der Waals surface area contributed by atoms with E-state index < -0.39 is 82.3 Å². The molecule has 1 aliphatic rings. The number of benzene rings is 1. The number of amides is 6. The van der Waals surface area contributed by atoms with Gasteiger partial charge in [-0.15, -0.1) is 0 Å². The molecule has 1 aromatic carbocycles. The Morgan fingerprint density at radius 3 is 1.96 bits per heavy atom. The van der Waals surface area contributed by atoms with Crippen LogP contribution in [0.5, 0.6) is 0 Å². The Labute approximate surface area is 300 Å². The Morgan fingerprint density at radius 1 is 0.824 bits per heavy atom. The lowest BCUT2D eigenvalue weighted by molar-refractivity contribution is -0.147. The van der Waals surface area contributed by atoms with Gasteiger partial charge < -0.3 is 41.3 Å². The first-order chi connectivity index (χ1) is 23.5. The lowest BCUT2D eigenvalue weighted by Gasteiger charge is -2.35. The summed E-state index contributed by atoms with van der Waals surface area (Å²) in [5, 5.41) is 22.5. The topological polar surface area (TPSA) is 212 Å². The standard InChI is InChI=1S/C36H56N6O9/c1-21(2)19-24(37-33(50)51-20-23-15-12-11-13-16-23)27(43)39-35(7,8)31(47)42-18-14-17-25(42)28(44)38-26(22(3)4)29(45)40-34(5,6)30(46)41-36(9,10)32(48)49/h11-13,15-16,21-22,24-26H,14,17-20H2,1-10H3,(H,37,50)(H,38,44)(H,39,43)(H,40,45)(H,41,46)(H,48,49)/t24-,25-,26-/m0/s1. The average Bonchev–Trinajstić information content (AvgIpc) is 3.51. The molecule has 1 aromatic rings. The summed E-state index contributed by atoms with van der Waals surface area (Å²) in [4.78, 5) is 92.7. The number of carbonyl (C=O) groups is 7. The Kier molecular flexibility index (Phi) is 14.6. The summed E-state index contributed by atoms with van der Waals surface area (Å²) in [7, 11) is 0. The second-order valence-electron chi connectivity index (χ2n) is 15.4. The number of carbonyl (C=O) groups excluding carboxylic acids is 6. The number of nitrogens with zero attached hydrogens (tertiary/aromatic N) is 1. The predicted octanol–water partition coefficient (Wildman–Crippen LogP) is 2.23. The van der Waals surface area contributed by atoms with Gasteiger partial charge in [-0.3, -0.25) is 24.0 Å². The summed E-state index contributed by atoms with van der Waals surface area (Å²) in [6.07, 6.45) is 0.317. The van der Waals surface area contributed by atoms with Gasteiger partial charge >= 0.3 is 12.1 Å². The summed E-state index contributed by atoms with van der Waals surface area (Å²) < 4.78 is 5.30. The van der Waals surface area contributed by atoms with Crippen LogP contribution in [0.15, 0.2) is 30.3 Å². The van der Waals surface area contributed by atoms with E-state index in [9.17, 15) is 38.7 Å². The van der Waals surface area contributed by atoms with E-state index >= 15 is 0 Å². The second kappa shape index (κ2) is 17.5. The maximum absolute atomic E-state index is 13.9. The van der Waals surface area contributed by atoms with E-state index in [2.05, 4.69) is 26.6 Å². The molecule has 51 heavy (non-hydrogen) atoms. The van der Waals surface area contributed by atoms with Crippen molar-refractivity contribution in [1.82, 2.24) is 31.5 Å². The van der Waals surface area contributed by atoms with E-state index in [4.69, 9.17) is 4.74 Å². The first kappa shape index (κ1) is 42.5. The SMILES string of the molecule is CC(C)C[C@H](NC(=O)OCc1ccccc1)C(=O)NC(C)(C)C(=O)N1CCC[C@H]1C(=O)N[C@H](C(=O)NC(C)(C)C(=O)NC(C)(C)C(=O)O)C(C)C. The van der Waals surface area contributed by atoms with Crippen molar-refractivity contribution >= 4 is 41.6 Å². The van der Waals surface area contributed by atoms with E-state index in [1.165, 1.54) is 46.4 Å². The third kappa shape index (κ3) is 12.2. The number of aliphatic carboxylic acids is 1. The van der Waals surface area contributed by atoms with E-state index in [-0.39, 0.29) is 25.5 Å². The van der Waals surface area contributed by atoms with Crippen molar-refractivity contribution in [3.63, 3.8) is 0 Å². The van der Waals surface area contributed by atoms with Crippen LogP contribution in [-0.2, 0) is 40.1 Å². The molecule has 0 aliphatic carbocycles. The van der Waals surface area contributed by atoms with Crippen LogP contribution in [0.2, 0.25) is 0 Å². The normalized spacial score (nSPS) is 16.2. The minimum atomic E-state index is -1.59. The van der Waals surface area contributed by atoms with Crippen LogP contribution >= 0.6 is 0 Å². The largest absolute Gasteiger partial charge is 0.480 e. The fraction of sp³-hybridized carbons (Fsp3) is 0.639. The summed E-state index contributed by atoms with van der Waals surface area (Å²) in [6.45, 7) is 15.9. The molecule has 0 saturated carbocycles. The molecule has 6 N–H and O–H groups in total. The lowest BCUT2D eigenvalue weighted by atomic mass is 9.97. The lowest BCUT2D eigenvalue weighted by Crippen LogP contribution is -2.64. The van der Waals surface area contributed by atoms with E-state index in [1.54, 1.807) is 26.0 Å². The molecule has 0 aromatic heterocycles. The minimum absolute atomic E-state index is 0.0165. The van der Waals surface area contributed by atoms with Crippen LogP contribution in [-0.4, -0.2) is 92.9 Å². The quantitative estimate of drug-likeness (QED) is 0.148. The molecule has 1 fully saturated rings. The molecule has 15 heteroatoms. The molecule has 1 aliphatic heterocycles. The van der Waals surface area contributed by atoms with Crippen LogP contribution in [0.3, 0.4) is 0 Å². The number of carboxylic acid groups (broad SMARTS) is 1. The molecule has 1 heterocycles. The zero-order chi connectivity index (χ0) is 38.9. The van der Waals surface area contributed by atoms with E-state index in [0.717, 1.165) is 5.56 Å². The molecule has 2 rings (SSSR count). The molecular weight excluding hydrogens is 660 g/mol. The van der Waals surface area contributed by atoms with E-state index in [1.807, 2.05) is 32.0 Å². The number of hydrogen-bond donors (Lipinski definition) is 6. The number of alkyl carbamates (subject to hydrolysis) is 1. The highest BCUT2D eigenvalue weighted by atomic mass is 16.5. The molecule has 284 valence electrons. The monoisotopic (exact) mass is 716 g/mol. The highest BCUT2D eigenvalue weighted by Crippen LogP contribution is 2.23. The Hall–Kier alpha value is -4.69. The Balaban J connectivity index is 2.12. The fourth-order valence-corrected chi connectivity index (χ4v) is 5.42. The molecule has 0 spiro atoms. The van der Waals surface area contributed by atoms with Crippen LogP contribution in [0, 0.1) is 11.8 Å². The van der Waals surface area contributed by atoms with Gasteiger partial charge in [0.05, 0.1) is 0 Å². The van der Waals surface area contributed by atoms with Crippen LogP contribution < -0.4 is 26.6 Å². The van der Waals surface area contributed by atoms with Gasteiger partial charge in [-0.1, -0.05) is 58.0 Å². The van der Waals surface area contributed by atoms with Crippen molar-refractivity contribution < 1.29 is 43.4 Å². The van der Waals surface area contributed by atoms with Crippen molar-refractivity contribution in [2.24, 2.45) is 11.8 Å². The predicted molar refractivity (Wildman–Crippen MR) is 189 cm³/mol.